The molecule has 2 aromatic carbocycles. The van der Waals surface area contributed by atoms with Crippen molar-refractivity contribution in [2.24, 2.45) is 5.16 Å². The molecule has 0 atom stereocenters. The number of benzene rings is 2. The third-order valence-corrected chi connectivity index (χ3v) is 4.15. The van der Waals surface area contributed by atoms with Crippen LogP contribution in [-0.4, -0.2) is 26.4 Å². The number of hydrogen-bond acceptors (Lipinski definition) is 5. The van der Waals surface area contributed by atoms with E-state index in [2.05, 4.69) is 15.2 Å². The quantitative estimate of drug-likeness (QED) is 0.353. The van der Waals surface area contributed by atoms with Crippen LogP contribution >= 0.6 is 34.8 Å². The Morgan fingerprint density at radius 2 is 1.81 bits per heavy atom. The Morgan fingerprint density at radius 3 is 2.46 bits per heavy atom. The zero-order chi connectivity index (χ0) is 18.5. The van der Waals surface area contributed by atoms with Gasteiger partial charge in [-0.05, 0) is 30.3 Å². The highest BCUT2D eigenvalue weighted by Gasteiger charge is 2.14. The van der Waals surface area contributed by atoms with Crippen molar-refractivity contribution in [3.63, 3.8) is 0 Å². The fourth-order valence-electron chi connectivity index (χ4n) is 2.08. The Bertz CT molecular complexity index is 941. The monoisotopic (exact) mass is 408 g/mol. The molecule has 0 aliphatic heterocycles. The van der Waals surface area contributed by atoms with Crippen molar-refractivity contribution < 1.29 is 9.63 Å². The molecule has 0 aliphatic carbocycles. The lowest BCUT2D eigenvalue weighted by Crippen LogP contribution is -2.14. The van der Waals surface area contributed by atoms with Crippen LogP contribution in [0.3, 0.4) is 0 Å². The van der Waals surface area contributed by atoms with E-state index in [1.165, 1.54) is 24.8 Å². The number of aromatic nitrogens is 3. The maximum absolute atomic E-state index is 12.3. The number of rotatable bonds is 5. The van der Waals surface area contributed by atoms with Gasteiger partial charge in [0.15, 0.2) is 0 Å². The summed E-state index contributed by atoms with van der Waals surface area (Å²) in [4.78, 5) is 21.2. The van der Waals surface area contributed by atoms with Gasteiger partial charge in [0, 0.05) is 15.6 Å². The minimum atomic E-state index is -0.697. The van der Waals surface area contributed by atoms with Crippen molar-refractivity contribution in [3.05, 3.63) is 81.3 Å². The molecule has 132 valence electrons. The summed E-state index contributed by atoms with van der Waals surface area (Å²) >= 11 is 17.8. The normalized spacial score (nSPS) is 11.4. The lowest BCUT2D eigenvalue weighted by Gasteiger charge is -2.07. The number of carbonyl (C=O) groups is 1. The Labute approximate surface area is 164 Å². The second kappa shape index (κ2) is 8.31. The molecule has 0 fully saturated rings. The average Bonchev–Trinajstić information content (AvgIpc) is 3.12. The van der Waals surface area contributed by atoms with Gasteiger partial charge in [-0.2, -0.15) is 5.10 Å². The first-order valence-corrected chi connectivity index (χ1v) is 8.48. The Morgan fingerprint density at radius 1 is 1.08 bits per heavy atom. The van der Waals surface area contributed by atoms with E-state index >= 15 is 0 Å². The molecule has 1 aromatic heterocycles. The van der Waals surface area contributed by atoms with Gasteiger partial charge in [0.2, 0.25) is 0 Å². The first-order valence-electron chi connectivity index (χ1n) is 7.34. The van der Waals surface area contributed by atoms with Gasteiger partial charge < -0.3 is 4.84 Å². The summed E-state index contributed by atoms with van der Waals surface area (Å²) in [7, 11) is 0. The summed E-state index contributed by atoms with van der Waals surface area (Å²) in [6, 6.07) is 11.4. The first kappa shape index (κ1) is 18.4. The third-order valence-electron chi connectivity index (χ3n) is 3.35. The number of halogens is 3. The highest BCUT2D eigenvalue weighted by Crippen LogP contribution is 2.22. The molecule has 0 radical (unpaired) electrons. The summed E-state index contributed by atoms with van der Waals surface area (Å²) in [5, 5.41) is 9.20. The fourth-order valence-corrected chi connectivity index (χ4v) is 2.70. The van der Waals surface area contributed by atoms with Gasteiger partial charge in [0.05, 0.1) is 17.1 Å². The van der Waals surface area contributed by atoms with Crippen LogP contribution in [0.1, 0.15) is 15.9 Å². The van der Waals surface area contributed by atoms with Gasteiger partial charge >= 0.3 is 5.97 Å². The van der Waals surface area contributed by atoms with Gasteiger partial charge in [-0.1, -0.05) is 52.1 Å². The van der Waals surface area contributed by atoms with E-state index in [1.807, 2.05) is 0 Å². The van der Waals surface area contributed by atoms with Crippen LogP contribution < -0.4 is 0 Å². The van der Waals surface area contributed by atoms with Crippen molar-refractivity contribution in [2.75, 3.05) is 0 Å². The number of nitrogens with zero attached hydrogens (tertiary/aromatic N) is 4. The molecule has 1 heterocycles. The van der Waals surface area contributed by atoms with Crippen molar-refractivity contribution >= 4 is 46.5 Å². The molecule has 0 saturated heterocycles. The van der Waals surface area contributed by atoms with Crippen LogP contribution in [0, 0.1) is 0 Å². The van der Waals surface area contributed by atoms with Crippen molar-refractivity contribution in [1.82, 2.24) is 14.8 Å². The molecular formula is C17H11Cl3N4O2. The molecular weight excluding hydrogens is 399 g/mol. The topological polar surface area (TPSA) is 69.4 Å². The SMILES string of the molecule is O=C(O/N=C(\Cn1cncn1)c1ccc(Cl)cc1)c1ccc(Cl)cc1Cl. The summed E-state index contributed by atoms with van der Waals surface area (Å²) in [6.45, 7) is 0.253. The van der Waals surface area contributed by atoms with Crippen molar-refractivity contribution in [3.8, 4) is 0 Å². The fraction of sp³-hybridized carbons (Fsp3) is 0.0588. The molecule has 3 rings (SSSR count). The van der Waals surface area contributed by atoms with Crippen LogP contribution in [-0.2, 0) is 11.4 Å². The highest BCUT2D eigenvalue weighted by molar-refractivity contribution is 6.36. The molecule has 26 heavy (non-hydrogen) atoms. The second-order valence-corrected chi connectivity index (χ2v) is 6.42. The van der Waals surface area contributed by atoms with Gasteiger partial charge in [-0.3, -0.25) is 0 Å². The van der Waals surface area contributed by atoms with E-state index in [0.717, 1.165) is 5.56 Å². The lowest BCUT2D eigenvalue weighted by atomic mass is 10.1. The Kier molecular flexibility index (Phi) is 5.88. The molecule has 9 heteroatoms. The first-order chi connectivity index (χ1) is 12.5. The largest absolute Gasteiger partial charge is 0.367 e. The van der Waals surface area contributed by atoms with Crippen molar-refractivity contribution in [1.29, 1.82) is 0 Å². The molecule has 0 saturated carbocycles. The van der Waals surface area contributed by atoms with Crippen molar-refractivity contribution in [2.45, 2.75) is 6.54 Å². The number of carbonyl (C=O) groups excluding carboxylic acids is 1. The third kappa shape index (κ3) is 4.60. The summed E-state index contributed by atoms with van der Waals surface area (Å²) in [5.74, 6) is -0.697. The molecule has 3 aromatic rings. The number of oxime groups is 1. The minimum Gasteiger partial charge on any atom is -0.312 e. The Balaban J connectivity index is 1.85. The van der Waals surface area contributed by atoms with Gasteiger partial charge in [0.1, 0.15) is 18.4 Å². The van der Waals surface area contributed by atoms with E-state index in [0.29, 0.717) is 15.8 Å². The number of hydrogen-bond donors (Lipinski definition) is 0. The van der Waals surface area contributed by atoms with Crippen LogP contribution in [0.25, 0.3) is 0 Å². The average molecular weight is 410 g/mol. The molecule has 0 amide bonds. The molecule has 0 aliphatic rings. The summed E-state index contributed by atoms with van der Waals surface area (Å²) in [6.07, 6.45) is 2.93. The van der Waals surface area contributed by atoms with Crippen LogP contribution in [0.15, 0.2) is 60.3 Å². The Hall–Kier alpha value is -2.41. The predicted octanol–water partition coefficient (Wildman–Crippen LogP) is 4.50. The molecule has 0 bridgehead atoms. The molecule has 6 nitrogen and oxygen atoms in total. The van der Waals surface area contributed by atoms with Crippen LogP contribution in [0.5, 0.6) is 0 Å². The zero-order valence-corrected chi connectivity index (χ0v) is 15.4. The van der Waals surface area contributed by atoms with E-state index < -0.39 is 5.97 Å². The van der Waals surface area contributed by atoms with E-state index in [1.54, 1.807) is 35.0 Å². The highest BCUT2D eigenvalue weighted by atomic mass is 35.5. The second-order valence-electron chi connectivity index (χ2n) is 5.14. The smallest absolute Gasteiger partial charge is 0.312 e. The van der Waals surface area contributed by atoms with E-state index in [-0.39, 0.29) is 17.1 Å². The maximum Gasteiger partial charge on any atom is 0.367 e. The zero-order valence-electron chi connectivity index (χ0n) is 13.1. The van der Waals surface area contributed by atoms with Gasteiger partial charge in [0.25, 0.3) is 0 Å². The molecule has 0 N–H and O–H groups in total. The van der Waals surface area contributed by atoms with Gasteiger partial charge in [-0.25, -0.2) is 14.5 Å². The maximum atomic E-state index is 12.3. The van der Waals surface area contributed by atoms with E-state index in [4.69, 9.17) is 39.6 Å². The summed E-state index contributed by atoms with van der Waals surface area (Å²) in [5.41, 5.74) is 1.35. The molecule has 0 unspecified atom stereocenters. The lowest BCUT2D eigenvalue weighted by molar-refractivity contribution is 0.0515. The minimum absolute atomic E-state index is 0.163. The van der Waals surface area contributed by atoms with Crippen LogP contribution in [0.2, 0.25) is 15.1 Å². The van der Waals surface area contributed by atoms with Crippen LogP contribution in [0.4, 0.5) is 0 Å². The molecule has 0 spiro atoms. The van der Waals surface area contributed by atoms with Gasteiger partial charge in [-0.15, -0.1) is 0 Å². The predicted molar refractivity (Wildman–Crippen MR) is 99.9 cm³/mol. The summed E-state index contributed by atoms with van der Waals surface area (Å²) < 4.78 is 1.55. The standard InChI is InChI=1S/C17H11Cl3N4O2/c18-12-3-1-11(2-4-12)16(8-24-10-21-9-22-24)23-26-17(25)14-6-5-13(19)7-15(14)20/h1-7,9-10H,8H2/b23-16+. The van der Waals surface area contributed by atoms with E-state index in [9.17, 15) is 4.79 Å².